The van der Waals surface area contributed by atoms with Crippen LogP contribution in [-0.4, -0.2) is 18.1 Å². The Morgan fingerprint density at radius 3 is 2.57 bits per heavy atom. The highest BCUT2D eigenvalue weighted by atomic mass is 32.2. The molecule has 0 aliphatic carbocycles. The van der Waals surface area contributed by atoms with Gasteiger partial charge in [-0.25, -0.2) is 0 Å². The molecular weight excluding hydrogens is 192 g/mol. The third kappa shape index (κ3) is 3.56. The minimum Gasteiger partial charge on any atom is -0.501 e. The Labute approximate surface area is 92.3 Å². The number of ether oxygens (including phenoxy) is 1. The van der Waals surface area contributed by atoms with Crippen LogP contribution in [0, 0.1) is 5.41 Å². The normalized spacial score (nSPS) is 18.5. The number of allylic oxidation sites excluding steroid dienone is 1. The molecule has 1 fully saturated rings. The summed E-state index contributed by atoms with van der Waals surface area (Å²) < 4.78 is 5.43. The molecule has 0 amide bonds. The fourth-order valence-electron chi connectivity index (χ4n) is 1.67. The Morgan fingerprint density at radius 2 is 2.14 bits per heavy atom. The van der Waals surface area contributed by atoms with Crippen molar-refractivity contribution < 1.29 is 4.74 Å². The maximum Gasteiger partial charge on any atom is 0.0873 e. The summed E-state index contributed by atoms with van der Waals surface area (Å²) in [6, 6.07) is 0. The van der Waals surface area contributed by atoms with E-state index in [-0.39, 0.29) is 0 Å². The lowest BCUT2D eigenvalue weighted by molar-refractivity contribution is 0.209. The molecule has 1 aliphatic heterocycles. The van der Waals surface area contributed by atoms with Crippen LogP contribution >= 0.6 is 11.8 Å². The van der Waals surface area contributed by atoms with Crippen LogP contribution in [0.3, 0.4) is 0 Å². The molecule has 0 saturated carbocycles. The Morgan fingerprint density at radius 1 is 1.43 bits per heavy atom. The molecule has 0 N–H and O–H groups in total. The molecule has 1 aliphatic rings. The number of hydrogen-bond donors (Lipinski definition) is 0. The van der Waals surface area contributed by atoms with E-state index in [9.17, 15) is 0 Å². The van der Waals surface area contributed by atoms with Crippen LogP contribution in [-0.2, 0) is 4.74 Å². The van der Waals surface area contributed by atoms with E-state index in [1.807, 2.05) is 6.26 Å². The molecule has 0 aromatic heterocycles. The highest BCUT2D eigenvalue weighted by molar-refractivity contribution is 8.00. The minimum absolute atomic E-state index is 0.666. The molecule has 0 aromatic rings. The Kier molecular flexibility index (Phi) is 4.86. The first-order valence-corrected chi connectivity index (χ1v) is 6.67. The SMILES string of the molecule is CCC1(CCCOC=C(C)C)CSC1. The second kappa shape index (κ2) is 5.69. The molecule has 0 bridgehead atoms. The molecule has 1 nitrogen and oxygen atoms in total. The summed E-state index contributed by atoms with van der Waals surface area (Å²) in [5.41, 5.74) is 1.91. The van der Waals surface area contributed by atoms with E-state index < -0.39 is 0 Å². The van der Waals surface area contributed by atoms with E-state index in [0.29, 0.717) is 5.41 Å². The third-order valence-electron chi connectivity index (χ3n) is 2.85. The number of thioether (sulfide) groups is 1. The highest BCUT2D eigenvalue weighted by Gasteiger charge is 2.34. The molecule has 2 heteroatoms. The second-order valence-corrected chi connectivity index (χ2v) is 5.50. The van der Waals surface area contributed by atoms with Gasteiger partial charge in [0, 0.05) is 0 Å². The van der Waals surface area contributed by atoms with Gasteiger partial charge in [0.1, 0.15) is 0 Å². The van der Waals surface area contributed by atoms with Crippen molar-refractivity contribution in [3.63, 3.8) is 0 Å². The molecule has 0 radical (unpaired) electrons. The van der Waals surface area contributed by atoms with E-state index in [2.05, 4.69) is 32.5 Å². The van der Waals surface area contributed by atoms with Gasteiger partial charge in [-0.1, -0.05) is 6.92 Å². The Balaban J connectivity index is 2.06. The molecule has 1 saturated heterocycles. The quantitative estimate of drug-likeness (QED) is 0.490. The summed E-state index contributed by atoms with van der Waals surface area (Å²) in [4.78, 5) is 0. The average molecular weight is 214 g/mol. The van der Waals surface area contributed by atoms with Crippen LogP contribution in [0.15, 0.2) is 11.8 Å². The third-order valence-corrected chi connectivity index (χ3v) is 4.49. The van der Waals surface area contributed by atoms with Crippen molar-refractivity contribution in [2.75, 3.05) is 18.1 Å². The van der Waals surface area contributed by atoms with Gasteiger partial charge in [-0.3, -0.25) is 0 Å². The molecule has 0 unspecified atom stereocenters. The first-order chi connectivity index (χ1) is 6.68. The van der Waals surface area contributed by atoms with Gasteiger partial charge in [-0.15, -0.1) is 0 Å². The average Bonchev–Trinajstić information content (AvgIpc) is 2.08. The van der Waals surface area contributed by atoms with Gasteiger partial charge in [0.2, 0.25) is 0 Å². The van der Waals surface area contributed by atoms with Crippen LogP contribution in [0.1, 0.15) is 40.0 Å². The fourth-order valence-corrected chi connectivity index (χ4v) is 3.15. The molecule has 0 spiro atoms. The van der Waals surface area contributed by atoms with Crippen molar-refractivity contribution in [2.45, 2.75) is 40.0 Å². The van der Waals surface area contributed by atoms with Crippen molar-refractivity contribution in [2.24, 2.45) is 5.41 Å². The van der Waals surface area contributed by atoms with E-state index in [1.54, 1.807) is 0 Å². The van der Waals surface area contributed by atoms with Crippen molar-refractivity contribution in [3.8, 4) is 0 Å². The molecule has 82 valence electrons. The molecule has 0 atom stereocenters. The minimum atomic E-state index is 0.666. The zero-order valence-electron chi connectivity index (χ0n) is 9.64. The zero-order chi connectivity index (χ0) is 10.4. The molecular formula is C12H22OS. The Hall–Kier alpha value is -0.110. The number of hydrogen-bond acceptors (Lipinski definition) is 2. The lowest BCUT2D eigenvalue weighted by atomic mass is 9.84. The van der Waals surface area contributed by atoms with Gasteiger partial charge < -0.3 is 4.74 Å². The van der Waals surface area contributed by atoms with Crippen molar-refractivity contribution in [1.29, 1.82) is 0 Å². The lowest BCUT2D eigenvalue weighted by Gasteiger charge is -2.40. The van der Waals surface area contributed by atoms with Crippen LogP contribution in [0.4, 0.5) is 0 Å². The van der Waals surface area contributed by atoms with Crippen LogP contribution in [0.5, 0.6) is 0 Å². The topological polar surface area (TPSA) is 9.23 Å². The number of rotatable bonds is 6. The summed E-state index contributed by atoms with van der Waals surface area (Å²) in [5.74, 6) is 2.73. The van der Waals surface area contributed by atoms with E-state index in [0.717, 1.165) is 6.61 Å². The first kappa shape index (κ1) is 12.0. The highest BCUT2D eigenvalue weighted by Crippen LogP contribution is 2.44. The van der Waals surface area contributed by atoms with Crippen LogP contribution in [0.25, 0.3) is 0 Å². The van der Waals surface area contributed by atoms with Crippen LogP contribution < -0.4 is 0 Å². The smallest absolute Gasteiger partial charge is 0.0873 e. The van der Waals surface area contributed by atoms with Crippen molar-refractivity contribution in [3.05, 3.63) is 11.8 Å². The first-order valence-electron chi connectivity index (χ1n) is 5.51. The van der Waals surface area contributed by atoms with Gasteiger partial charge in [-0.2, -0.15) is 11.8 Å². The summed E-state index contributed by atoms with van der Waals surface area (Å²) in [5, 5.41) is 0. The predicted molar refractivity (Wildman–Crippen MR) is 64.7 cm³/mol. The van der Waals surface area contributed by atoms with E-state index in [1.165, 1.54) is 36.3 Å². The van der Waals surface area contributed by atoms with Gasteiger partial charge in [0.05, 0.1) is 12.9 Å². The fraction of sp³-hybridized carbons (Fsp3) is 0.833. The van der Waals surface area contributed by atoms with Crippen molar-refractivity contribution in [1.82, 2.24) is 0 Å². The van der Waals surface area contributed by atoms with Gasteiger partial charge in [0.25, 0.3) is 0 Å². The standard InChI is InChI=1S/C12H22OS/c1-4-12(9-14-10-12)6-5-7-13-8-11(2)3/h8H,4-7,9-10H2,1-3H3. The predicted octanol–water partition coefficient (Wildman–Crippen LogP) is 3.85. The largest absolute Gasteiger partial charge is 0.501 e. The van der Waals surface area contributed by atoms with Crippen LogP contribution in [0.2, 0.25) is 0 Å². The molecule has 1 heterocycles. The summed E-state index contributed by atoms with van der Waals surface area (Å²) in [6.07, 6.45) is 5.75. The zero-order valence-corrected chi connectivity index (χ0v) is 10.5. The maximum atomic E-state index is 5.43. The lowest BCUT2D eigenvalue weighted by Crippen LogP contribution is -2.34. The van der Waals surface area contributed by atoms with Crippen molar-refractivity contribution >= 4 is 11.8 Å². The van der Waals surface area contributed by atoms with Gasteiger partial charge >= 0.3 is 0 Å². The van der Waals surface area contributed by atoms with Gasteiger partial charge in [-0.05, 0) is 55.6 Å². The summed E-state index contributed by atoms with van der Waals surface area (Å²) in [6.45, 7) is 7.33. The molecule has 1 rings (SSSR count). The monoisotopic (exact) mass is 214 g/mol. The van der Waals surface area contributed by atoms with E-state index >= 15 is 0 Å². The summed E-state index contributed by atoms with van der Waals surface area (Å²) in [7, 11) is 0. The second-order valence-electron chi connectivity index (χ2n) is 4.52. The Bertz CT molecular complexity index is 185. The maximum absolute atomic E-state index is 5.43. The molecule has 14 heavy (non-hydrogen) atoms. The van der Waals surface area contributed by atoms with Gasteiger partial charge in [0.15, 0.2) is 0 Å². The van der Waals surface area contributed by atoms with E-state index in [4.69, 9.17) is 4.74 Å². The molecule has 0 aromatic carbocycles. The summed E-state index contributed by atoms with van der Waals surface area (Å²) >= 11 is 2.08.